The van der Waals surface area contributed by atoms with Crippen LogP contribution in [-0.4, -0.2) is 17.3 Å². The highest BCUT2D eigenvalue weighted by Gasteiger charge is 2.16. The van der Waals surface area contributed by atoms with Crippen LogP contribution in [0.15, 0.2) is 55.1 Å². The van der Waals surface area contributed by atoms with Crippen molar-refractivity contribution in [3.63, 3.8) is 0 Å². The van der Waals surface area contributed by atoms with Crippen LogP contribution in [0, 0.1) is 0 Å². The Bertz CT molecular complexity index is 403. The predicted octanol–water partition coefficient (Wildman–Crippen LogP) is 4.47. The number of aliphatic hydroxyl groups excluding tert-OH is 1. The molecule has 1 rings (SSSR count). The molecule has 0 radical (unpaired) electrons. The molecule has 0 bridgehead atoms. The molecule has 116 valence electrons. The van der Waals surface area contributed by atoms with Gasteiger partial charge in [0.1, 0.15) is 6.10 Å². The summed E-state index contributed by atoms with van der Waals surface area (Å²) >= 11 is 0. The number of rotatable bonds is 11. The Balaban J connectivity index is 2.49. The zero-order valence-electron chi connectivity index (χ0n) is 12.9. The van der Waals surface area contributed by atoms with Gasteiger partial charge in [-0.05, 0) is 31.4 Å². The summed E-state index contributed by atoms with van der Waals surface area (Å²) in [6.07, 6.45) is 9.86. The van der Waals surface area contributed by atoms with Crippen LogP contribution in [0.2, 0.25) is 0 Å². The number of unbranched alkanes of at least 4 members (excludes halogenated alkanes) is 3. The number of hydrogen-bond donors (Lipinski definition) is 2. The molecule has 0 saturated carbocycles. The van der Waals surface area contributed by atoms with Crippen molar-refractivity contribution in [1.82, 2.24) is 0 Å². The maximum atomic E-state index is 10.1. The third-order valence-electron chi connectivity index (χ3n) is 3.17. The van der Waals surface area contributed by atoms with Crippen molar-refractivity contribution in [3.8, 4) is 0 Å². The number of benzene rings is 1. The molecule has 1 aromatic carbocycles. The van der Waals surface area contributed by atoms with E-state index in [4.69, 9.17) is 4.84 Å². The Morgan fingerprint density at radius 2 is 2.05 bits per heavy atom. The van der Waals surface area contributed by atoms with Crippen LogP contribution in [-0.2, 0) is 4.84 Å². The van der Waals surface area contributed by atoms with Crippen molar-refractivity contribution < 1.29 is 9.94 Å². The number of hydrogen-bond acceptors (Lipinski definition) is 3. The van der Waals surface area contributed by atoms with Crippen molar-refractivity contribution in [2.75, 3.05) is 5.48 Å². The molecule has 2 atom stereocenters. The van der Waals surface area contributed by atoms with Crippen molar-refractivity contribution in [3.05, 3.63) is 55.1 Å². The minimum absolute atomic E-state index is 0.384. The molecule has 0 unspecified atom stereocenters. The molecular formula is C18H27NO2. The van der Waals surface area contributed by atoms with E-state index >= 15 is 0 Å². The lowest BCUT2D eigenvalue weighted by atomic mass is 10.1. The summed E-state index contributed by atoms with van der Waals surface area (Å²) in [4.78, 5) is 5.61. The van der Waals surface area contributed by atoms with Gasteiger partial charge in [-0.1, -0.05) is 56.2 Å². The SMILES string of the molecule is C=CC[C@@H](O)[C@@H](/C=C/CCCCC)ONc1ccccc1. The Kier molecular flexibility index (Phi) is 9.25. The second-order valence-corrected chi connectivity index (χ2v) is 5.07. The molecule has 0 aliphatic rings. The molecule has 2 N–H and O–H groups in total. The molecule has 0 amide bonds. The van der Waals surface area contributed by atoms with Gasteiger partial charge in [0.15, 0.2) is 0 Å². The molecule has 1 aromatic rings. The van der Waals surface area contributed by atoms with E-state index in [1.165, 1.54) is 19.3 Å². The molecule has 0 aliphatic heterocycles. The lowest BCUT2D eigenvalue weighted by Gasteiger charge is -2.20. The third kappa shape index (κ3) is 7.69. The Hall–Kier alpha value is -1.58. The molecule has 0 spiro atoms. The fraction of sp³-hybridized carbons (Fsp3) is 0.444. The first-order chi connectivity index (χ1) is 10.3. The quantitative estimate of drug-likeness (QED) is 0.359. The normalized spacial score (nSPS) is 14.0. The standard InChI is InChI=1S/C18H27NO2/c1-3-5-6-7-11-15-18(17(20)12-4-2)21-19-16-13-9-8-10-14-16/h4,8-11,13-15,17-20H,2-3,5-7,12H2,1H3/b15-11+/t17-,18-/m1/s1. The van der Waals surface area contributed by atoms with Gasteiger partial charge in [0, 0.05) is 0 Å². The largest absolute Gasteiger partial charge is 0.390 e. The van der Waals surface area contributed by atoms with Crippen molar-refractivity contribution in [2.45, 2.75) is 51.2 Å². The highest BCUT2D eigenvalue weighted by Crippen LogP contribution is 2.11. The van der Waals surface area contributed by atoms with E-state index < -0.39 is 6.10 Å². The molecule has 3 nitrogen and oxygen atoms in total. The summed E-state index contributed by atoms with van der Waals surface area (Å²) in [5.74, 6) is 0. The zero-order chi connectivity index (χ0) is 15.3. The van der Waals surface area contributed by atoms with Gasteiger partial charge in [-0.3, -0.25) is 10.3 Å². The summed E-state index contributed by atoms with van der Waals surface area (Å²) in [7, 11) is 0. The second-order valence-electron chi connectivity index (χ2n) is 5.07. The Morgan fingerprint density at radius 3 is 2.71 bits per heavy atom. The topological polar surface area (TPSA) is 41.5 Å². The predicted molar refractivity (Wildman–Crippen MR) is 89.0 cm³/mol. The van der Waals surface area contributed by atoms with E-state index in [2.05, 4.69) is 25.1 Å². The first kappa shape index (κ1) is 17.5. The van der Waals surface area contributed by atoms with Gasteiger partial charge >= 0.3 is 0 Å². The van der Waals surface area contributed by atoms with Crippen LogP contribution in [0.25, 0.3) is 0 Å². The number of anilines is 1. The van der Waals surface area contributed by atoms with Crippen LogP contribution < -0.4 is 5.48 Å². The highest BCUT2D eigenvalue weighted by molar-refractivity contribution is 5.40. The lowest BCUT2D eigenvalue weighted by molar-refractivity contribution is 0.0176. The summed E-state index contributed by atoms with van der Waals surface area (Å²) in [6, 6.07) is 9.65. The maximum Gasteiger partial charge on any atom is 0.130 e. The molecule has 0 aromatic heterocycles. The smallest absolute Gasteiger partial charge is 0.130 e. The molecule has 0 aliphatic carbocycles. The minimum atomic E-state index is -0.596. The van der Waals surface area contributed by atoms with Gasteiger partial charge in [-0.25, -0.2) is 0 Å². The molecule has 3 heteroatoms. The fourth-order valence-electron chi connectivity index (χ4n) is 1.94. The fourth-order valence-corrected chi connectivity index (χ4v) is 1.94. The number of para-hydroxylation sites is 1. The minimum Gasteiger partial charge on any atom is -0.390 e. The average Bonchev–Trinajstić information content (AvgIpc) is 2.51. The molecular weight excluding hydrogens is 262 g/mol. The molecule has 21 heavy (non-hydrogen) atoms. The Labute approximate surface area is 128 Å². The number of nitrogens with one attached hydrogen (secondary N) is 1. The van der Waals surface area contributed by atoms with E-state index in [0.717, 1.165) is 12.1 Å². The van der Waals surface area contributed by atoms with E-state index in [1.807, 2.05) is 36.4 Å². The summed E-state index contributed by atoms with van der Waals surface area (Å²) in [5.41, 5.74) is 3.76. The zero-order valence-corrected chi connectivity index (χ0v) is 12.9. The molecule has 0 saturated heterocycles. The molecule has 0 fully saturated rings. The molecule has 0 heterocycles. The maximum absolute atomic E-state index is 10.1. The average molecular weight is 289 g/mol. The van der Waals surface area contributed by atoms with Gasteiger partial charge in [0.25, 0.3) is 0 Å². The number of allylic oxidation sites excluding steroid dienone is 1. The van der Waals surface area contributed by atoms with Crippen LogP contribution in [0.3, 0.4) is 0 Å². The van der Waals surface area contributed by atoms with Crippen LogP contribution >= 0.6 is 0 Å². The van der Waals surface area contributed by atoms with Gasteiger partial charge in [0.05, 0.1) is 11.8 Å². The Morgan fingerprint density at radius 1 is 1.29 bits per heavy atom. The van der Waals surface area contributed by atoms with Crippen molar-refractivity contribution >= 4 is 5.69 Å². The first-order valence-corrected chi connectivity index (χ1v) is 7.70. The first-order valence-electron chi connectivity index (χ1n) is 7.70. The second kappa shape index (κ2) is 11.1. The monoisotopic (exact) mass is 289 g/mol. The van der Waals surface area contributed by atoms with Gasteiger partial charge < -0.3 is 5.11 Å². The third-order valence-corrected chi connectivity index (χ3v) is 3.17. The van der Waals surface area contributed by atoms with Gasteiger partial charge in [0.2, 0.25) is 0 Å². The van der Waals surface area contributed by atoms with Crippen LogP contribution in [0.1, 0.15) is 39.0 Å². The van der Waals surface area contributed by atoms with Crippen molar-refractivity contribution in [2.24, 2.45) is 0 Å². The van der Waals surface area contributed by atoms with E-state index in [0.29, 0.717) is 6.42 Å². The summed E-state index contributed by atoms with van der Waals surface area (Å²) in [5, 5.41) is 10.1. The van der Waals surface area contributed by atoms with Gasteiger partial charge in [-0.2, -0.15) is 0 Å². The van der Waals surface area contributed by atoms with Crippen LogP contribution in [0.4, 0.5) is 5.69 Å². The van der Waals surface area contributed by atoms with E-state index in [-0.39, 0.29) is 6.10 Å². The summed E-state index contributed by atoms with van der Waals surface area (Å²) < 4.78 is 0. The summed E-state index contributed by atoms with van der Waals surface area (Å²) in [6.45, 7) is 5.85. The van der Waals surface area contributed by atoms with E-state index in [1.54, 1.807) is 6.08 Å². The van der Waals surface area contributed by atoms with Gasteiger partial charge in [-0.15, -0.1) is 6.58 Å². The van der Waals surface area contributed by atoms with Crippen LogP contribution in [0.5, 0.6) is 0 Å². The van der Waals surface area contributed by atoms with Crippen molar-refractivity contribution in [1.29, 1.82) is 0 Å². The highest BCUT2D eigenvalue weighted by atomic mass is 16.7. The lowest BCUT2D eigenvalue weighted by Crippen LogP contribution is -2.28. The number of aliphatic hydroxyl groups is 1. The van der Waals surface area contributed by atoms with E-state index in [9.17, 15) is 5.11 Å².